The molecule has 0 aliphatic heterocycles. The Kier molecular flexibility index (Phi) is 5.37. The molecule has 0 fully saturated rings. The van der Waals surface area contributed by atoms with Crippen molar-refractivity contribution in [2.75, 3.05) is 7.05 Å². The van der Waals surface area contributed by atoms with Gasteiger partial charge >= 0.3 is 0 Å². The summed E-state index contributed by atoms with van der Waals surface area (Å²) in [4.78, 5) is 20.4. The van der Waals surface area contributed by atoms with Crippen molar-refractivity contribution in [3.63, 3.8) is 0 Å². The van der Waals surface area contributed by atoms with E-state index in [2.05, 4.69) is 21.9 Å². The molecular weight excluding hydrogens is 274 g/mol. The van der Waals surface area contributed by atoms with Gasteiger partial charge in [-0.1, -0.05) is 55.1 Å². The van der Waals surface area contributed by atoms with Gasteiger partial charge in [0.15, 0.2) is 5.84 Å². The van der Waals surface area contributed by atoms with Crippen LogP contribution in [0.1, 0.15) is 15.9 Å². The van der Waals surface area contributed by atoms with E-state index in [1.54, 1.807) is 37.5 Å². The van der Waals surface area contributed by atoms with Crippen LogP contribution >= 0.6 is 0 Å². The van der Waals surface area contributed by atoms with Gasteiger partial charge in [-0.05, 0) is 17.7 Å². The number of hydrogen-bond donors (Lipinski definition) is 1. The lowest BCUT2D eigenvalue weighted by Gasteiger charge is -2.07. The molecule has 0 heterocycles. The van der Waals surface area contributed by atoms with Gasteiger partial charge in [0.1, 0.15) is 0 Å². The van der Waals surface area contributed by atoms with Crippen molar-refractivity contribution in [1.82, 2.24) is 5.32 Å². The van der Waals surface area contributed by atoms with Gasteiger partial charge < -0.3 is 5.32 Å². The summed E-state index contributed by atoms with van der Waals surface area (Å²) in [5, 5.41) is 2.72. The standard InChI is InChI=1S/C18H17N3O/c1-14(20-13-15-9-5-3-6-10-15)17(19-2)21-18(22)16-11-7-4-8-12-16/h3-13H,1H2,2H3,(H,19,21,22)/b20-13+. The zero-order valence-corrected chi connectivity index (χ0v) is 12.4. The molecule has 22 heavy (non-hydrogen) atoms. The first-order valence-electron chi connectivity index (χ1n) is 6.82. The third-order valence-corrected chi connectivity index (χ3v) is 2.93. The second-order valence-corrected chi connectivity index (χ2v) is 4.51. The van der Waals surface area contributed by atoms with Gasteiger partial charge in [0.2, 0.25) is 0 Å². The van der Waals surface area contributed by atoms with E-state index in [9.17, 15) is 4.79 Å². The van der Waals surface area contributed by atoms with Gasteiger partial charge in [0, 0.05) is 18.8 Å². The van der Waals surface area contributed by atoms with Gasteiger partial charge in [-0.2, -0.15) is 0 Å². The zero-order chi connectivity index (χ0) is 15.8. The Hall–Kier alpha value is -3.01. The number of amides is 1. The third kappa shape index (κ3) is 4.24. The van der Waals surface area contributed by atoms with Crippen molar-refractivity contribution in [3.8, 4) is 0 Å². The predicted octanol–water partition coefficient (Wildman–Crippen LogP) is 3.08. The highest BCUT2D eigenvalue weighted by molar-refractivity contribution is 6.12. The summed E-state index contributed by atoms with van der Waals surface area (Å²) in [6, 6.07) is 18.6. The number of hydrogen-bond acceptors (Lipinski definition) is 3. The van der Waals surface area contributed by atoms with Crippen molar-refractivity contribution >= 4 is 18.0 Å². The number of nitrogens with zero attached hydrogens (tertiary/aromatic N) is 2. The van der Waals surface area contributed by atoms with E-state index in [0.29, 0.717) is 17.1 Å². The highest BCUT2D eigenvalue weighted by atomic mass is 16.1. The molecule has 4 heteroatoms. The molecule has 0 saturated carbocycles. The van der Waals surface area contributed by atoms with E-state index in [4.69, 9.17) is 0 Å². The maximum atomic E-state index is 12.1. The summed E-state index contributed by atoms with van der Waals surface area (Å²) in [5.41, 5.74) is 1.91. The molecule has 0 unspecified atom stereocenters. The normalized spacial score (nSPS) is 11.4. The number of nitrogens with one attached hydrogen (secondary N) is 1. The Morgan fingerprint density at radius 2 is 1.64 bits per heavy atom. The van der Waals surface area contributed by atoms with E-state index >= 15 is 0 Å². The maximum Gasteiger partial charge on any atom is 0.256 e. The molecule has 2 aromatic rings. The Morgan fingerprint density at radius 1 is 1.05 bits per heavy atom. The fraction of sp³-hybridized carbons (Fsp3) is 0.0556. The van der Waals surface area contributed by atoms with E-state index in [0.717, 1.165) is 5.56 Å². The van der Waals surface area contributed by atoms with Crippen LogP contribution in [-0.4, -0.2) is 25.0 Å². The Morgan fingerprint density at radius 3 is 2.23 bits per heavy atom. The smallest absolute Gasteiger partial charge is 0.256 e. The molecule has 0 bridgehead atoms. The Labute approximate surface area is 129 Å². The van der Waals surface area contributed by atoms with Gasteiger partial charge in [-0.25, -0.2) is 0 Å². The molecule has 0 aromatic heterocycles. The number of carbonyl (C=O) groups excluding carboxylic acids is 1. The first-order chi connectivity index (χ1) is 10.7. The number of benzene rings is 2. The average molecular weight is 291 g/mol. The van der Waals surface area contributed by atoms with E-state index in [1.807, 2.05) is 36.4 Å². The molecule has 0 aliphatic carbocycles. The minimum absolute atomic E-state index is 0.239. The topological polar surface area (TPSA) is 53.8 Å². The molecule has 0 saturated heterocycles. The van der Waals surface area contributed by atoms with Crippen molar-refractivity contribution in [2.24, 2.45) is 9.98 Å². The van der Waals surface area contributed by atoms with Crippen molar-refractivity contribution in [2.45, 2.75) is 0 Å². The fourth-order valence-electron chi connectivity index (χ4n) is 1.78. The summed E-state index contributed by atoms with van der Waals surface area (Å²) in [6.45, 7) is 3.84. The van der Waals surface area contributed by atoms with Crippen molar-refractivity contribution in [3.05, 3.63) is 84.1 Å². The molecular formula is C18H17N3O. The Balaban J connectivity index is 2.04. The van der Waals surface area contributed by atoms with E-state index < -0.39 is 0 Å². The second-order valence-electron chi connectivity index (χ2n) is 4.51. The molecule has 110 valence electrons. The molecule has 1 N–H and O–H groups in total. The quantitative estimate of drug-likeness (QED) is 0.683. The van der Waals surface area contributed by atoms with Crippen LogP contribution in [0.3, 0.4) is 0 Å². The summed E-state index contributed by atoms with van der Waals surface area (Å²) in [7, 11) is 1.59. The Bertz CT molecular complexity index is 704. The highest BCUT2D eigenvalue weighted by Crippen LogP contribution is 2.02. The second kappa shape index (κ2) is 7.69. The first-order valence-corrected chi connectivity index (χ1v) is 6.82. The first kappa shape index (κ1) is 15.4. The molecule has 0 radical (unpaired) electrons. The molecule has 4 nitrogen and oxygen atoms in total. The minimum Gasteiger partial charge on any atom is -0.305 e. The van der Waals surface area contributed by atoms with Crippen molar-refractivity contribution < 1.29 is 4.79 Å². The lowest BCUT2D eigenvalue weighted by Crippen LogP contribution is -2.31. The zero-order valence-electron chi connectivity index (χ0n) is 12.4. The number of amidine groups is 1. The fourth-order valence-corrected chi connectivity index (χ4v) is 1.78. The van der Waals surface area contributed by atoms with Crippen LogP contribution in [0.4, 0.5) is 0 Å². The van der Waals surface area contributed by atoms with Crippen LogP contribution < -0.4 is 5.32 Å². The van der Waals surface area contributed by atoms with Gasteiger partial charge in [-0.15, -0.1) is 0 Å². The summed E-state index contributed by atoms with van der Waals surface area (Å²) >= 11 is 0. The van der Waals surface area contributed by atoms with Crippen molar-refractivity contribution in [1.29, 1.82) is 0 Å². The molecule has 0 spiro atoms. The SMILES string of the molecule is C=C(/N=C/c1ccccc1)/C(=N\C)NC(=O)c1ccccc1. The van der Waals surface area contributed by atoms with Crippen LogP contribution in [0.15, 0.2) is 82.9 Å². The molecule has 2 rings (SSSR count). The van der Waals surface area contributed by atoms with Crippen LogP contribution in [0.25, 0.3) is 0 Å². The number of aliphatic imine (C=N–C) groups is 2. The number of carbonyl (C=O) groups is 1. The minimum atomic E-state index is -0.239. The van der Waals surface area contributed by atoms with Gasteiger partial charge in [0.05, 0.1) is 5.70 Å². The average Bonchev–Trinajstić information content (AvgIpc) is 2.59. The predicted molar refractivity (Wildman–Crippen MR) is 90.4 cm³/mol. The lowest BCUT2D eigenvalue weighted by molar-refractivity contribution is 0.0977. The van der Waals surface area contributed by atoms with E-state index in [-0.39, 0.29) is 5.91 Å². The highest BCUT2D eigenvalue weighted by Gasteiger charge is 2.09. The van der Waals surface area contributed by atoms with E-state index in [1.165, 1.54) is 0 Å². The van der Waals surface area contributed by atoms with Crippen LogP contribution in [0, 0.1) is 0 Å². The molecule has 2 aromatic carbocycles. The lowest BCUT2D eigenvalue weighted by atomic mass is 10.2. The third-order valence-electron chi connectivity index (χ3n) is 2.93. The maximum absolute atomic E-state index is 12.1. The largest absolute Gasteiger partial charge is 0.305 e. The van der Waals surface area contributed by atoms with Crippen LogP contribution in [0.5, 0.6) is 0 Å². The number of rotatable bonds is 4. The van der Waals surface area contributed by atoms with Crippen LogP contribution in [0.2, 0.25) is 0 Å². The van der Waals surface area contributed by atoms with Gasteiger partial charge in [0.25, 0.3) is 5.91 Å². The monoisotopic (exact) mass is 291 g/mol. The molecule has 1 amide bonds. The summed E-state index contributed by atoms with van der Waals surface area (Å²) in [6.07, 6.45) is 1.68. The van der Waals surface area contributed by atoms with Gasteiger partial charge in [-0.3, -0.25) is 14.8 Å². The summed E-state index contributed by atoms with van der Waals surface area (Å²) in [5.74, 6) is 0.110. The molecule has 0 atom stereocenters. The van der Waals surface area contributed by atoms with Crippen LogP contribution in [-0.2, 0) is 0 Å². The molecule has 0 aliphatic rings. The summed E-state index contributed by atoms with van der Waals surface area (Å²) < 4.78 is 0.